The molecule has 2 rings (SSSR count). The number of carbonyl (C=O) groups excluding carboxylic acids is 1. The SMILES string of the molecule is CC(C)(C)OC(=O)NC1CCC(O)CC1N1CCOCC1. The van der Waals surface area contributed by atoms with E-state index < -0.39 is 5.60 Å². The Balaban J connectivity index is 1.95. The summed E-state index contributed by atoms with van der Waals surface area (Å²) in [7, 11) is 0. The molecule has 0 bridgehead atoms. The number of hydrogen-bond donors (Lipinski definition) is 2. The predicted octanol–water partition coefficient (Wildman–Crippen LogP) is 1.13. The Bertz CT molecular complexity index is 350. The van der Waals surface area contributed by atoms with Crippen LogP contribution in [0.3, 0.4) is 0 Å². The number of rotatable bonds is 2. The van der Waals surface area contributed by atoms with Crippen LogP contribution in [0.4, 0.5) is 4.79 Å². The smallest absolute Gasteiger partial charge is 0.407 e. The van der Waals surface area contributed by atoms with E-state index >= 15 is 0 Å². The van der Waals surface area contributed by atoms with Crippen LogP contribution < -0.4 is 5.32 Å². The van der Waals surface area contributed by atoms with Crippen LogP contribution in [-0.4, -0.2) is 66.2 Å². The summed E-state index contributed by atoms with van der Waals surface area (Å²) in [5.41, 5.74) is -0.493. The lowest BCUT2D eigenvalue weighted by atomic mass is 9.87. The van der Waals surface area contributed by atoms with Crippen LogP contribution in [0.15, 0.2) is 0 Å². The zero-order valence-electron chi connectivity index (χ0n) is 13.3. The normalized spacial score (nSPS) is 31.7. The van der Waals surface area contributed by atoms with Gasteiger partial charge in [0.1, 0.15) is 5.60 Å². The molecule has 6 nitrogen and oxygen atoms in total. The molecule has 1 amide bonds. The average Bonchev–Trinajstić information content (AvgIpc) is 2.40. The molecule has 21 heavy (non-hydrogen) atoms. The van der Waals surface area contributed by atoms with Gasteiger partial charge in [-0.25, -0.2) is 4.79 Å². The molecule has 2 fully saturated rings. The molecule has 0 aromatic rings. The Morgan fingerprint density at radius 2 is 1.95 bits per heavy atom. The number of amides is 1. The first-order valence-electron chi connectivity index (χ1n) is 7.84. The Morgan fingerprint density at radius 3 is 2.57 bits per heavy atom. The molecule has 2 N–H and O–H groups in total. The molecule has 1 saturated heterocycles. The van der Waals surface area contributed by atoms with Crippen molar-refractivity contribution in [2.75, 3.05) is 26.3 Å². The van der Waals surface area contributed by atoms with E-state index in [-0.39, 0.29) is 24.3 Å². The Hall–Kier alpha value is -0.850. The zero-order chi connectivity index (χ0) is 15.5. The number of hydrogen-bond acceptors (Lipinski definition) is 5. The van der Waals surface area contributed by atoms with Crippen LogP contribution >= 0.6 is 0 Å². The van der Waals surface area contributed by atoms with E-state index in [9.17, 15) is 9.90 Å². The quantitative estimate of drug-likeness (QED) is 0.800. The number of nitrogens with one attached hydrogen (secondary N) is 1. The van der Waals surface area contributed by atoms with Gasteiger partial charge in [-0.1, -0.05) is 0 Å². The molecule has 1 saturated carbocycles. The first-order chi connectivity index (χ1) is 9.85. The van der Waals surface area contributed by atoms with Crippen LogP contribution in [0.5, 0.6) is 0 Å². The highest BCUT2D eigenvalue weighted by atomic mass is 16.6. The Labute approximate surface area is 126 Å². The summed E-state index contributed by atoms with van der Waals surface area (Å²) < 4.78 is 10.7. The number of carbonyl (C=O) groups is 1. The molecule has 6 heteroatoms. The lowest BCUT2D eigenvalue weighted by Gasteiger charge is -2.43. The van der Waals surface area contributed by atoms with Gasteiger partial charge in [-0.15, -0.1) is 0 Å². The van der Waals surface area contributed by atoms with Gasteiger partial charge < -0.3 is 19.9 Å². The first-order valence-corrected chi connectivity index (χ1v) is 7.84. The molecule has 3 unspecified atom stereocenters. The van der Waals surface area contributed by atoms with Gasteiger partial charge in [0, 0.05) is 25.2 Å². The van der Waals surface area contributed by atoms with E-state index in [0.717, 1.165) is 25.9 Å². The maximum atomic E-state index is 12.0. The fraction of sp³-hybridized carbons (Fsp3) is 0.933. The molecule has 122 valence electrons. The van der Waals surface area contributed by atoms with Gasteiger partial charge in [0.15, 0.2) is 0 Å². The zero-order valence-corrected chi connectivity index (χ0v) is 13.3. The predicted molar refractivity (Wildman–Crippen MR) is 79.2 cm³/mol. The van der Waals surface area contributed by atoms with E-state index in [0.29, 0.717) is 19.6 Å². The van der Waals surface area contributed by atoms with Crippen LogP contribution in [-0.2, 0) is 9.47 Å². The van der Waals surface area contributed by atoms with Crippen molar-refractivity contribution >= 4 is 6.09 Å². The molecule has 1 aliphatic heterocycles. The van der Waals surface area contributed by atoms with E-state index in [1.165, 1.54) is 0 Å². The molecule has 1 heterocycles. The van der Waals surface area contributed by atoms with Crippen molar-refractivity contribution in [1.29, 1.82) is 0 Å². The number of ether oxygens (including phenoxy) is 2. The summed E-state index contributed by atoms with van der Waals surface area (Å²) in [6.07, 6.45) is 1.54. The molecule has 3 atom stereocenters. The molecular weight excluding hydrogens is 272 g/mol. The Morgan fingerprint density at radius 1 is 1.29 bits per heavy atom. The largest absolute Gasteiger partial charge is 0.444 e. The molecule has 0 spiro atoms. The molecule has 0 aromatic carbocycles. The fourth-order valence-corrected chi connectivity index (χ4v) is 3.07. The summed E-state index contributed by atoms with van der Waals surface area (Å²) in [6, 6.07) is 0.187. The van der Waals surface area contributed by atoms with Gasteiger partial charge in [0.2, 0.25) is 0 Å². The van der Waals surface area contributed by atoms with E-state index in [4.69, 9.17) is 9.47 Å². The molecule has 0 aromatic heterocycles. The molecule has 0 radical (unpaired) electrons. The van der Waals surface area contributed by atoms with Crippen LogP contribution in [0.25, 0.3) is 0 Å². The van der Waals surface area contributed by atoms with Crippen LogP contribution in [0, 0.1) is 0 Å². The van der Waals surface area contributed by atoms with Crippen molar-refractivity contribution in [3.8, 4) is 0 Å². The summed E-state index contributed by atoms with van der Waals surface area (Å²) in [4.78, 5) is 14.3. The van der Waals surface area contributed by atoms with Gasteiger partial charge in [-0.05, 0) is 40.0 Å². The molecular formula is C15H28N2O4. The third kappa shape index (κ3) is 5.13. The first kappa shape index (κ1) is 16.5. The van der Waals surface area contributed by atoms with Crippen LogP contribution in [0.2, 0.25) is 0 Å². The van der Waals surface area contributed by atoms with E-state index in [1.807, 2.05) is 20.8 Å². The van der Waals surface area contributed by atoms with Crippen molar-refractivity contribution in [1.82, 2.24) is 10.2 Å². The van der Waals surface area contributed by atoms with Crippen LogP contribution in [0.1, 0.15) is 40.0 Å². The van der Waals surface area contributed by atoms with Gasteiger partial charge in [0.25, 0.3) is 0 Å². The standard InChI is InChI=1S/C15H28N2O4/c1-15(2,3)21-14(19)16-12-5-4-11(18)10-13(12)17-6-8-20-9-7-17/h11-13,18H,4-10H2,1-3H3,(H,16,19). The number of morpholine rings is 1. The van der Waals surface area contributed by atoms with Crippen molar-refractivity contribution < 1.29 is 19.4 Å². The maximum Gasteiger partial charge on any atom is 0.407 e. The van der Waals surface area contributed by atoms with Crippen molar-refractivity contribution in [2.45, 2.75) is 63.8 Å². The third-order valence-electron chi connectivity index (χ3n) is 4.01. The topological polar surface area (TPSA) is 71.0 Å². The summed E-state index contributed by atoms with van der Waals surface area (Å²) in [5, 5.41) is 12.9. The van der Waals surface area contributed by atoms with Gasteiger partial charge >= 0.3 is 6.09 Å². The summed E-state index contributed by atoms with van der Waals surface area (Å²) in [6.45, 7) is 8.70. The highest BCUT2D eigenvalue weighted by Gasteiger charge is 2.36. The Kier molecular flexibility index (Phi) is 5.46. The highest BCUT2D eigenvalue weighted by molar-refractivity contribution is 5.68. The van der Waals surface area contributed by atoms with Crippen molar-refractivity contribution in [3.05, 3.63) is 0 Å². The fourth-order valence-electron chi connectivity index (χ4n) is 3.07. The number of nitrogens with zero attached hydrogens (tertiary/aromatic N) is 1. The lowest BCUT2D eigenvalue weighted by Crippen LogP contribution is -2.58. The number of aliphatic hydroxyl groups is 1. The minimum Gasteiger partial charge on any atom is -0.444 e. The average molecular weight is 300 g/mol. The number of alkyl carbamates (subject to hydrolysis) is 1. The number of aliphatic hydroxyl groups excluding tert-OH is 1. The lowest BCUT2D eigenvalue weighted by molar-refractivity contribution is -0.0232. The van der Waals surface area contributed by atoms with Gasteiger partial charge in [-0.2, -0.15) is 0 Å². The summed E-state index contributed by atoms with van der Waals surface area (Å²) >= 11 is 0. The minimum absolute atomic E-state index is 0.0290. The second-order valence-corrected chi connectivity index (χ2v) is 6.94. The van der Waals surface area contributed by atoms with Crippen molar-refractivity contribution in [2.24, 2.45) is 0 Å². The van der Waals surface area contributed by atoms with Crippen molar-refractivity contribution in [3.63, 3.8) is 0 Å². The minimum atomic E-state index is -0.493. The second kappa shape index (κ2) is 6.94. The van der Waals surface area contributed by atoms with E-state index in [2.05, 4.69) is 10.2 Å². The molecule has 1 aliphatic carbocycles. The monoisotopic (exact) mass is 300 g/mol. The second-order valence-electron chi connectivity index (χ2n) is 6.94. The highest BCUT2D eigenvalue weighted by Crippen LogP contribution is 2.25. The summed E-state index contributed by atoms with van der Waals surface area (Å²) in [5.74, 6) is 0. The maximum absolute atomic E-state index is 12.0. The van der Waals surface area contributed by atoms with Gasteiger partial charge in [0.05, 0.1) is 19.3 Å². The molecule has 2 aliphatic rings. The van der Waals surface area contributed by atoms with E-state index in [1.54, 1.807) is 0 Å². The van der Waals surface area contributed by atoms with Gasteiger partial charge in [-0.3, -0.25) is 4.90 Å². The third-order valence-corrected chi connectivity index (χ3v) is 4.01.